The van der Waals surface area contributed by atoms with E-state index in [0.29, 0.717) is 27.4 Å². The molecule has 0 aliphatic heterocycles. The molecule has 0 atom stereocenters. The molecule has 146 valence electrons. The van der Waals surface area contributed by atoms with Crippen LogP contribution in [0.3, 0.4) is 0 Å². The molecule has 0 aliphatic rings. The van der Waals surface area contributed by atoms with Gasteiger partial charge in [-0.1, -0.05) is 0 Å². The average molecular weight is 459 g/mol. The molecule has 4 aromatic heterocycles. The van der Waals surface area contributed by atoms with Crippen LogP contribution in [0, 0.1) is 11.6 Å². The monoisotopic (exact) mass is 458 g/mol. The van der Waals surface area contributed by atoms with Gasteiger partial charge in [-0.25, -0.2) is 23.7 Å². The van der Waals surface area contributed by atoms with Gasteiger partial charge in [0.1, 0.15) is 15.9 Å². The van der Waals surface area contributed by atoms with Crippen LogP contribution >= 0.6 is 15.9 Å². The number of nitrogens with one attached hydrogen (secondary N) is 2. The predicted molar refractivity (Wildman–Crippen MR) is 106 cm³/mol. The Kier molecular flexibility index (Phi) is 4.05. The van der Waals surface area contributed by atoms with Crippen molar-refractivity contribution < 1.29 is 8.78 Å². The highest BCUT2D eigenvalue weighted by molar-refractivity contribution is 9.10. The lowest BCUT2D eigenvalue weighted by Gasteiger charge is -2.07. The fourth-order valence-corrected chi connectivity index (χ4v) is 3.55. The Bertz CT molecular complexity index is 1370. The molecule has 0 aliphatic carbocycles. The van der Waals surface area contributed by atoms with Crippen molar-refractivity contribution >= 4 is 38.4 Å². The van der Waals surface area contributed by atoms with Gasteiger partial charge in [0.25, 0.3) is 0 Å². The van der Waals surface area contributed by atoms with Gasteiger partial charge >= 0.3 is 0 Å². The molecule has 0 fully saturated rings. The van der Waals surface area contributed by atoms with Crippen LogP contribution in [0.15, 0.2) is 41.5 Å². The highest BCUT2D eigenvalue weighted by Crippen LogP contribution is 2.26. The Morgan fingerprint density at radius 1 is 1.17 bits per heavy atom. The summed E-state index contributed by atoms with van der Waals surface area (Å²) in [5.41, 5.74) is 2.78. The molecule has 0 radical (unpaired) electrons. The fourth-order valence-electron chi connectivity index (χ4n) is 3.16. The highest BCUT2D eigenvalue weighted by Gasteiger charge is 2.15. The fraction of sp³-hybridized carbons (Fsp3) is 0.111. The van der Waals surface area contributed by atoms with Crippen molar-refractivity contribution in [3.63, 3.8) is 0 Å². The van der Waals surface area contributed by atoms with Crippen molar-refractivity contribution in [2.75, 3.05) is 5.32 Å². The maximum atomic E-state index is 13.9. The quantitative estimate of drug-likeness (QED) is 0.429. The van der Waals surface area contributed by atoms with Gasteiger partial charge in [0.2, 0.25) is 0 Å². The molecule has 0 amide bonds. The Morgan fingerprint density at radius 2 is 2.03 bits per heavy atom. The predicted octanol–water partition coefficient (Wildman–Crippen LogP) is 3.66. The number of aryl methyl sites for hydroxylation is 1. The number of fused-ring (bicyclic) bond motifs is 2. The third kappa shape index (κ3) is 3.03. The van der Waals surface area contributed by atoms with E-state index in [9.17, 15) is 8.78 Å². The topological polar surface area (TPSA) is 88.7 Å². The summed E-state index contributed by atoms with van der Waals surface area (Å²) in [6.07, 6.45) is 7.21. The first kappa shape index (κ1) is 17.7. The standard InChI is InChI=1S/C18H13BrF2N8/c1-28-7-9(4-24-28)12-5-23-18-17(26-13(19)8-29(12)18)22-6-14-25-11-3-2-10(20)15(21)16(11)27-14/h2-5,7-8H,6H2,1H3,(H,22,26)(H,25,27). The minimum absolute atomic E-state index is 0.0335. The number of benzene rings is 1. The van der Waals surface area contributed by atoms with Gasteiger partial charge in [0.05, 0.1) is 30.1 Å². The third-order valence-electron chi connectivity index (χ3n) is 4.48. The van der Waals surface area contributed by atoms with Gasteiger partial charge in [-0.15, -0.1) is 0 Å². The smallest absolute Gasteiger partial charge is 0.186 e. The van der Waals surface area contributed by atoms with Crippen molar-refractivity contribution in [3.05, 3.63) is 59.0 Å². The SMILES string of the molecule is Cn1cc(-c2cnc3c(NCc4nc5c(F)c(F)ccc5[nH]4)nc(Br)cn23)cn1. The van der Waals surface area contributed by atoms with E-state index in [1.807, 2.05) is 23.8 Å². The molecular formula is C18H13BrF2N8. The molecule has 0 bridgehead atoms. The zero-order valence-corrected chi connectivity index (χ0v) is 16.6. The zero-order chi connectivity index (χ0) is 20.1. The molecule has 0 spiro atoms. The van der Waals surface area contributed by atoms with Crippen molar-refractivity contribution in [1.82, 2.24) is 34.1 Å². The first-order valence-corrected chi connectivity index (χ1v) is 9.38. The molecule has 8 nitrogen and oxygen atoms in total. The number of hydrogen-bond acceptors (Lipinski definition) is 5. The molecule has 4 heterocycles. The number of aromatic amines is 1. The minimum atomic E-state index is -0.970. The van der Waals surface area contributed by atoms with Crippen LogP contribution in [0.4, 0.5) is 14.6 Å². The van der Waals surface area contributed by atoms with Crippen molar-refractivity contribution in [1.29, 1.82) is 0 Å². The van der Waals surface area contributed by atoms with Crippen LogP contribution in [0.1, 0.15) is 5.82 Å². The van der Waals surface area contributed by atoms with E-state index in [2.05, 4.69) is 46.3 Å². The molecule has 1 aromatic carbocycles. The normalized spacial score (nSPS) is 11.6. The van der Waals surface area contributed by atoms with Crippen molar-refractivity contribution in [2.45, 2.75) is 6.54 Å². The summed E-state index contributed by atoms with van der Waals surface area (Å²) in [5.74, 6) is -0.938. The van der Waals surface area contributed by atoms with Gasteiger partial charge in [0, 0.05) is 25.0 Å². The van der Waals surface area contributed by atoms with Crippen LogP contribution in [0.2, 0.25) is 0 Å². The molecule has 5 aromatic rings. The van der Waals surface area contributed by atoms with E-state index in [-0.39, 0.29) is 12.1 Å². The van der Waals surface area contributed by atoms with Gasteiger partial charge in [-0.05, 0) is 28.1 Å². The Labute approximate surface area is 170 Å². The Morgan fingerprint density at radius 3 is 2.83 bits per heavy atom. The molecule has 2 N–H and O–H groups in total. The summed E-state index contributed by atoms with van der Waals surface area (Å²) in [4.78, 5) is 16.0. The van der Waals surface area contributed by atoms with Crippen LogP contribution in [-0.2, 0) is 13.6 Å². The van der Waals surface area contributed by atoms with Crippen molar-refractivity contribution in [3.8, 4) is 11.3 Å². The van der Waals surface area contributed by atoms with Crippen LogP contribution < -0.4 is 5.32 Å². The van der Waals surface area contributed by atoms with Crippen molar-refractivity contribution in [2.24, 2.45) is 7.05 Å². The third-order valence-corrected chi connectivity index (χ3v) is 4.86. The summed E-state index contributed by atoms with van der Waals surface area (Å²) < 4.78 is 31.5. The largest absolute Gasteiger partial charge is 0.360 e. The summed E-state index contributed by atoms with van der Waals surface area (Å²) >= 11 is 3.42. The van der Waals surface area contributed by atoms with Gasteiger partial charge < -0.3 is 10.3 Å². The lowest BCUT2D eigenvalue weighted by atomic mass is 10.3. The lowest BCUT2D eigenvalue weighted by Crippen LogP contribution is -2.06. The number of hydrogen-bond donors (Lipinski definition) is 2. The Hall–Kier alpha value is -3.34. The summed E-state index contributed by atoms with van der Waals surface area (Å²) in [5, 5.41) is 7.35. The van der Waals surface area contributed by atoms with Gasteiger partial charge in [0.15, 0.2) is 23.1 Å². The van der Waals surface area contributed by atoms with Crippen LogP contribution in [0.25, 0.3) is 27.9 Å². The minimum Gasteiger partial charge on any atom is -0.360 e. The van der Waals surface area contributed by atoms with E-state index in [1.165, 1.54) is 6.07 Å². The van der Waals surface area contributed by atoms with Gasteiger partial charge in [-0.2, -0.15) is 5.10 Å². The molecular weight excluding hydrogens is 446 g/mol. The van der Waals surface area contributed by atoms with E-state index in [1.54, 1.807) is 17.1 Å². The number of H-pyrrole nitrogens is 1. The number of nitrogens with zero attached hydrogens (tertiary/aromatic N) is 6. The number of aromatic nitrogens is 7. The summed E-state index contributed by atoms with van der Waals surface area (Å²) in [6.45, 7) is 0.226. The van der Waals surface area contributed by atoms with E-state index in [0.717, 1.165) is 17.3 Å². The maximum absolute atomic E-state index is 13.9. The second kappa shape index (κ2) is 6.62. The van der Waals surface area contributed by atoms with E-state index in [4.69, 9.17) is 0 Å². The summed E-state index contributed by atoms with van der Waals surface area (Å²) in [7, 11) is 1.85. The summed E-state index contributed by atoms with van der Waals surface area (Å²) in [6, 6.07) is 2.52. The molecule has 11 heteroatoms. The first-order chi connectivity index (χ1) is 14.0. The molecule has 5 rings (SSSR count). The molecule has 0 saturated carbocycles. The lowest BCUT2D eigenvalue weighted by molar-refractivity contribution is 0.515. The second-order valence-corrected chi connectivity index (χ2v) is 7.26. The maximum Gasteiger partial charge on any atom is 0.186 e. The second-order valence-electron chi connectivity index (χ2n) is 6.45. The number of rotatable bonds is 4. The van der Waals surface area contributed by atoms with E-state index >= 15 is 0 Å². The van der Waals surface area contributed by atoms with Gasteiger partial charge in [-0.3, -0.25) is 9.08 Å². The first-order valence-electron chi connectivity index (χ1n) is 8.58. The number of imidazole rings is 2. The molecule has 0 unspecified atom stereocenters. The van der Waals surface area contributed by atoms with E-state index < -0.39 is 11.6 Å². The zero-order valence-electron chi connectivity index (χ0n) is 15.0. The molecule has 29 heavy (non-hydrogen) atoms. The number of halogens is 3. The highest BCUT2D eigenvalue weighted by atomic mass is 79.9. The Balaban J connectivity index is 1.49. The molecule has 0 saturated heterocycles. The van der Waals surface area contributed by atoms with Crippen LogP contribution in [-0.4, -0.2) is 34.1 Å². The average Bonchev–Trinajstić information content (AvgIpc) is 3.40. The van der Waals surface area contributed by atoms with Crippen LogP contribution in [0.5, 0.6) is 0 Å². The number of anilines is 1.